The summed E-state index contributed by atoms with van der Waals surface area (Å²) in [5.74, 6) is 0.785. The van der Waals surface area contributed by atoms with Gasteiger partial charge in [-0.1, -0.05) is 13.8 Å². The molecular weight excluding hydrogens is 154 g/mol. The van der Waals surface area contributed by atoms with E-state index >= 15 is 0 Å². The van der Waals surface area contributed by atoms with Crippen molar-refractivity contribution in [1.29, 1.82) is 0 Å². The molecule has 1 aliphatic carbocycles. The Labute approximate surface area is 74.3 Å². The minimum atomic E-state index is 0.634. The Morgan fingerprint density at radius 2 is 2.09 bits per heavy atom. The monoisotopic (exact) mass is 173 g/mol. The summed E-state index contributed by atoms with van der Waals surface area (Å²) < 4.78 is 0.634. The third-order valence-electron chi connectivity index (χ3n) is 2.24. The van der Waals surface area contributed by atoms with Crippen LogP contribution in [-0.4, -0.2) is 24.1 Å². The van der Waals surface area contributed by atoms with E-state index in [9.17, 15) is 0 Å². The van der Waals surface area contributed by atoms with Crippen LogP contribution in [0.2, 0.25) is 0 Å². The lowest BCUT2D eigenvalue weighted by Gasteiger charge is -2.13. The second-order valence-electron chi connectivity index (χ2n) is 3.91. The highest BCUT2D eigenvalue weighted by atomic mass is 32.2. The van der Waals surface area contributed by atoms with Crippen molar-refractivity contribution in [2.24, 2.45) is 5.92 Å². The molecule has 0 amide bonds. The minimum Gasteiger partial charge on any atom is -0.315 e. The van der Waals surface area contributed by atoms with E-state index in [-0.39, 0.29) is 0 Å². The molecule has 1 nitrogen and oxygen atoms in total. The van der Waals surface area contributed by atoms with Gasteiger partial charge in [-0.05, 0) is 31.6 Å². The molecule has 1 fully saturated rings. The van der Waals surface area contributed by atoms with E-state index in [0.717, 1.165) is 5.92 Å². The van der Waals surface area contributed by atoms with Gasteiger partial charge < -0.3 is 5.32 Å². The third-order valence-corrected chi connectivity index (χ3v) is 3.66. The number of rotatable bonds is 5. The van der Waals surface area contributed by atoms with Crippen LogP contribution >= 0.6 is 11.8 Å². The molecule has 0 radical (unpaired) electrons. The maximum Gasteiger partial charge on any atom is 0.0282 e. The molecule has 0 aliphatic heterocycles. The SMILES string of the molecule is CSC1(CNCC(C)C)CC1. The Morgan fingerprint density at radius 3 is 2.45 bits per heavy atom. The van der Waals surface area contributed by atoms with Crippen LogP contribution in [0.5, 0.6) is 0 Å². The Balaban J connectivity index is 2.03. The van der Waals surface area contributed by atoms with Crippen LogP contribution in [0.3, 0.4) is 0 Å². The van der Waals surface area contributed by atoms with Crippen molar-refractivity contribution in [2.75, 3.05) is 19.3 Å². The van der Waals surface area contributed by atoms with Crippen LogP contribution in [0.4, 0.5) is 0 Å². The summed E-state index contributed by atoms with van der Waals surface area (Å²) in [5, 5.41) is 3.52. The second kappa shape index (κ2) is 3.81. The molecule has 0 unspecified atom stereocenters. The summed E-state index contributed by atoms with van der Waals surface area (Å²) >= 11 is 2.03. The van der Waals surface area contributed by atoms with E-state index in [1.54, 1.807) is 0 Å². The Bertz CT molecular complexity index is 119. The Kier molecular flexibility index (Phi) is 3.26. The predicted octanol–water partition coefficient (Wildman–Crippen LogP) is 2.13. The van der Waals surface area contributed by atoms with Crippen LogP contribution in [0.15, 0.2) is 0 Å². The quantitative estimate of drug-likeness (QED) is 0.683. The van der Waals surface area contributed by atoms with Gasteiger partial charge in [0.1, 0.15) is 0 Å². The first-order valence-corrected chi connectivity index (χ1v) is 5.67. The van der Waals surface area contributed by atoms with Crippen LogP contribution in [0.25, 0.3) is 0 Å². The number of thioether (sulfide) groups is 1. The molecule has 1 aliphatic rings. The summed E-state index contributed by atoms with van der Waals surface area (Å²) in [5.41, 5.74) is 0. The van der Waals surface area contributed by atoms with Gasteiger partial charge in [-0.15, -0.1) is 0 Å². The maximum atomic E-state index is 3.52. The summed E-state index contributed by atoms with van der Waals surface area (Å²) in [6, 6.07) is 0. The fourth-order valence-corrected chi connectivity index (χ4v) is 1.94. The van der Waals surface area contributed by atoms with Crippen LogP contribution in [-0.2, 0) is 0 Å². The maximum absolute atomic E-state index is 3.52. The normalized spacial score (nSPS) is 20.7. The Morgan fingerprint density at radius 1 is 1.45 bits per heavy atom. The van der Waals surface area contributed by atoms with Gasteiger partial charge in [0.25, 0.3) is 0 Å². The molecule has 0 aromatic heterocycles. The lowest BCUT2D eigenvalue weighted by molar-refractivity contribution is 0.546. The molecule has 0 spiro atoms. The first-order chi connectivity index (χ1) is 5.18. The van der Waals surface area contributed by atoms with Crippen molar-refractivity contribution in [3.05, 3.63) is 0 Å². The zero-order valence-electron chi connectivity index (χ0n) is 7.81. The molecule has 2 heteroatoms. The molecule has 1 rings (SSSR count). The number of hydrogen-bond donors (Lipinski definition) is 1. The van der Waals surface area contributed by atoms with Gasteiger partial charge in [0, 0.05) is 11.3 Å². The first-order valence-electron chi connectivity index (χ1n) is 4.44. The molecule has 0 bridgehead atoms. The van der Waals surface area contributed by atoms with Crippen molar-refractivity contribution in [3.63, 3.8) is 0 Å². The van der Waals surface area contributed by atoms with E-state index in [1.165, 1.54) is 25.9 Å². The second-order valence-corrected chi connectivity index (χ2v) is 5.19. The first kappa shape index (κ1) is 9.40. The molecule has 0 heterocycles. The van der Waals surface area contributed by atoms with Crippen LogP contribution < -0.4 is 5.32 Å². The van der Waals surface area contributed by atoms with E-state index in [2.05, 4.69) is 25.4 Å². The molecule has 0 atom stereocenters. The highest BCUT2D eigenvalue weighted by Crippen LogP contribution is 2.46. The van der Waals surface area contributed by atoms with E-state index in [4.69, 9.17) is 0 Å². The van der Waals surface area contributed by atoms with Crippen LogP contribution in [0.1, 0.15) is 26.7 Å². The van der Waals surface area contributed by atoms with Crippen LogP contribution in [0, 0.1) is 5.92 Å². The van der Waals surface area contributed by atoms with Crippen molar-refractivity contribution in [1.82, 2.24) is 5.32 Å². The molecule has 0 aromatic rings. The Hall–Kier alpha value is 0.310. The zero-order chi connectivity index (χ0) is 8.32. The molecule has 0 aromatic carbocycles. The lowest BCUT2D eigenvalue weighted by atomic mass is 10.2. The van der Waals surface area contributed by atoms with Gasteiger partial charge in [0.15, 0.2) is 0 Å². The smallest absolute Gasteiger partial charge is 0.0282 e. The largest absolute Gasteiger partial charge is 0.315 e. The standard InChI is InChI=1S/C9H19NS/c1-8(2)6-10-7-9(11-3)4-5-9/h8,10H,4-7H2,1-3H3. The minimum absolute atomic E-state index is 0.634. The van der Waals surface area contributed by atoms with Gasteiger partial charge >= 0.3 is 0 Å². The van der Waals surface area contributed by atoms with Crippen molar-refractivity contribution in [2.45, 2.75) is 31.4 Å². The van der Waals surface area contributed by atoms with Gasteiger partial charge in [0.05, 0.1) is 0 Å². The average Bonchev–Trinajstić information content (AvgIpc) is 2.69. The summed E-state index contributed by atoms with van der Waals surface area (Å²) in [6.45, 7) is 6.89. The van der Waals surface area contributed by atoms with Gasteiger partial charge in [-0.3, -0.25) is 0 Å². The average molecular weight is 173 g/mol. The van der Waals surface area contributed by atoms with Gasteiger partial charge in [-0.25, -0.2) is 0 Å². The van der Waals surface area contributed by atoms with Crippen molar-refractivity contribution < 1.29 is 0 Å². The van der Waals surface area contributed by atoms with E-state index in [1.807, 2.05) is 11.8 Å². The molecular formula is C9H19NS. The zero-order valence-corrected chi connectivity index (χ0v) is 8.63. The molecule has 1 N–H and O–H groups in total. The topological polar surface area (TPSA) is 12.0 Å². The summed E-state index contributed by atoms with van der Waals surface area (Å²) in [4.78, 5) is 0. The summed E-state index contributed by atoms with van der Waals surface area (Å²) in [7, 11) is 0. The summed E-state index contributed by atoms with van der Waals surface area (Å²) in [6.07, 6.45) is 5.06. The van der Waals surface area contributed by atoms with E-state index in [0.29, 0.717) is 4.75 Å². The number of hydrogen-bond acceptors (Lipinski definition) is 2. The third kappa shape index (κ3) is 3.04. The lowest BCUT2D eigenvalue weighted by Crippen LogP contribution is -2.28. The van der Waals surface area contributed by atoms with Crippen molar-refractivity contribution >= 4 is 11.8 Å². The van der Waals surface area contributed by atoms with Crippen molar-refractivity contribution in [3.8, 4) is 0 Å². The fraction of sp³-hybridized carbons (Fsp3) is 1.00. The van der Waals surface area contributed by atoms with Gasteiger partial charge in [-0.2, -0.15) is 11.8 Å². The molecule has 11 heavy (non-hydrogen) atoms. The molecule has 66 valence electrons. The fourth-order valence-electron chi connectivity index (χ4n) is 1.18. The predicted molar refractivity (Wildman–Crippen MR) is 53.2 cm³/mol. The molecule has 1 saturated carbocycles. The number of nitrogens with one attached hydrogen (secondary N) is 1. The highest BCUT2D eigenvalue weighted by Gasteiger charge is 2.41. The highest BCUT2D eigenvalue weighted by molar-refractivity contribution is 8.00. The van der Waals surface area contributed by atoms with Gasteiger partial charge in [0.2, 0.25) is 0 Å². The molecule has 0 saturated heterocycles. The van der Waals surface area contributed by atoms with E-state index < -0.39 is 0 Å².